The number of aliphatic hydroxyl groups is 2. The zero-order chi connectivity index (χ0) is 13.3. The van der Waals surface area contributed by atoms with E-state index in [2.05, 4.69) is 15.3 Å². The Morgan fingerprint density at radius 2 is 2.16 bits per heavy atom. The fraction of sp³-hybridized carbons (Fsp3) is 0.556. The van der Waals surface area contributed by atoms with Gasteiger partial charge in [0.1, 0.15) is 18.3 Å². The third-order valence-corrected chi connectivity index (χ3v) is 3.55. The predicted octanol–water partition coefficient (Wildman–Crippen LogP) is -2.80. The average molecular weight is 266 g/mol. The van der Waals surface area contributed by atoms with Crippen LogP contribution in [0.2, 0.25) is 0 Å². The molecule has 10 heteroatoms. The van der Waals surface area contributed by atoms with Gasteiger partial charge >= 0.3 is 5.69 Å². The van der Waals surface area contributed by atoms with Gasteiger partial charge in [-0.15, -0.1) is 5.10 Å². The van der Waals surface area contributed by atoms with Crippen LogP contribution in [0.4, 0.5) is 5.82 Å². The molecule has 0 amide bonds. The van der Waals surface area contributed by atoms with Crippen LogP contribution in [-0.2, 0) is 11.3 Å². The number of rotatable bonds is 0. The van der Waals surface area contributed by atoms with Crippen LogP contribution in [0.15, 0.2) is 4.79 Å². The van der Waals surface area contributed by atoms with Crippen LogP contribution in [0.3, 0.4) is 0 Å². The monoisotopic (exact) mass is 266 g/mol. The summed E-state index contributed by atoms with van der Waals surface area (Å²) in [6.07, 6.45) is -3.98. The number of ether oxygens (including phenoxy) is 1. The number of aliphatic hydroxyl groups excluding tert-OH is 2. The first kappa shape index (κ1) is 10.8. The smallest absolute Gasteiger partial charge is 0.353 e. The maximum Gasteiger partial charge on any atom is 0.353 e. The molecule has 1 saturated heterocycles. The lowest BCUT2D eigenvalue weighted by Crippen LogP contribution is -2.39. The summed E-state index contributed by atoms with van der Waals surface area (Å²) in [4.78, 5) is 15.6. The van der Waals surface area contributed by atoms with Gasteiger partial charge in [0.2, 0.25) is 0 Å². The SMILES string of the molecule is Nc1nc(=O)n2c3c1nnn3C[C@H]1O[C@@H]2[C@H](O)[C@@H]1O. The zero-order valence-corrected chi connectivity index (χ0v) is 9.54. The molecule has 0 aromatic carbocycles. The second kappa shape index (κ2) is 3.29. The Labute approximate surface area is 105 Å². The van der Waals surface area contributed by atoms with E-state index >= 15 is 0 Å². The minimum atomic E-state index is -1.21. The van der Waals surface area contributed by atoms with Crippen molar-refractivity contribution in [3.63, 3.8) is 0 Å². The molecule has 2 aromatic rings. The number of anilines is 1. The van der Waals surface area contributed by atoms with Gasteiger partial charge in [-0.25, -0.2) is 14.0 Å². The lowest BCUT2D eigenvalue weighted by molar-refractivity contribution is -0.0357. The molecule has 1 fully saturated rings. The van der Waals surface area contributed by atoms with Crippen molar-refractivity contribution in [2.75, 3.05) is 5.73 Å². The fourth-order valence-corrected chi connectivity index (χ4v) is 2.63. The molecular weight excluding hydrogens is 256 g/mol. The van der Waals surface area contributed by atoms with Crippen LogP contribution in [-0.4, -0.2) is 53.1 Å². The van der Waals surface area contributed by atoms with Crippen LogP contribution >= 0.6 is 0 Å². The molecule has 4 N–H and O–H groups in total. The van der Waals surface area contributed by atoms with E-state index in [4.69, 9.17) is 10.5 Å². The van der Waals surface area contributed by atoms with Gasteiger partial charge < -0.3 is 20.7 Å². The minimum Gasteiger partial charge on any atom is -0.387 e. The number of aromatic nitrogens is 5. The molecule has 2 aliphatic rings. The number of nitrogen functional groups attached to an aromatic ring is 1. The molecule has 0 unspecified atom stereocenters. The summed E-state index contributed by atoms with van der Waals surface area (Å²) in [5.41, 5.74) is 5.58. The Bertz CT molecular complexity index is 738. The first-order valence-corrected chi connectivity index (χ1v) is 5.70. The lowest BCUT2D eigenvalue weighted by Gasteiger charge is -2.19. The number of fused-ring (bicyclic) bond motifs is 3. The number of hydrogen-bond acceptors (Lipinski definition) is 8. The second-order valence-electron chi connectivity index (χ2n) is 4.64. The van der Waals surface area contributed by atoms with Crippen LogP contribution in [0.1, 0.15) is 6.23 Å². The Morgan fingerprint density at radius 1 is 1.37 bits per heavy atom. The van der Waals surface area contributed by atoms with E-state index in [1.165, 1.54) is 4.68 Å². The maximum atomic E-state index is 12.0. The summed E-state index contributed by atoms with van der Waals surface area (Å²) in [7, 11) is 0. The molecule has 0 spiro atoms. The topological polar surface area (TPSA) is 141 Å². The van der Waals surface area contributed by atoms with Gasteiger partial charge in [-0.1, -0.05) is 5.21 Å². The fourth-order valence-electron chi connectivity index (χ4n) is 2.63. The molecule has 10 nitrogen and oxygen atoms in total. The van der Waals surface area contributed by atoms with Crippen molar-refractivity contribution in [1.82, 2.24) is 24.5 Å². The first-order chi connectivity index (χ1) is 9.08. The van der Waals surface area contributed by atoms with E-state index in [1.807, 2.05) is 0 Å². The van der Waals surface area contributed by atoms with E-state index in [0.717, 1.165) is 4.57 Å². The van der Waals surface area contributed by atoms with E-state index in [0.29, 0.717) is 5.65 Å². The van der Waals surface area contributed by atoms with Crippen molar-refractivity contribution in [3.8, 4) is 0 Å². The highest BCUT2D eigenvalue weighted by Crippen LogP contribution is 2.34. The highest BCUT2D eigenvalue weighted by atomic mass is 16.6. The molecule has 0 radical (unpaired) electrons. The predicted molar refractivity (Wildman–Crippen MR) is 59.9 cm³/mol. The third kappa shape index (κ3) is 1.20. The summed E-state index contributed by atoms with van der Waals surface area (Å²) >= 11 is 0. The van der Waals surface area contributed by atoms with Gasteiger partial charge in [0, 0.05) is 0 Å². The van der Waals surface area contributed by atoms with Gasteiger partial charge in [0.15, 0.2) is 23.2 Å². The first-order valence-electron chi connectivity index (χ1n) is 5.70. The number of nitrogens with two attached hydrogens (primary N) is 1. The van der Waals surface area contributed by atoms with E-state index in [1.54, 1.807) is 0 Å². The van der Waals surface area contributed by atoms with Crippen LogP contribution in [0, 0.1) is 0 Å². The van der Waals surface area contributed by atoms with E-state index < -0.39 is 30.2 Å². The van der Waals surface area contributed by atoms with Crippen molar-refractivity contribution in [2.45, 2.75) is 31.1 Å². The zero-order valence-electron chi connectivity index (χ0n) is 9.54. The lowest BCUT2D eigenvalue weighted by atomic mass is 10.1. The summed E-state index contributed by atoms with van der Waals surface area (Å²) in [5, 5.41) is 27.6. The maximum absolute atomic E-state index is 12.0. The standard InChI is InChI=1S/C9H10N6O4/c10-6-3-7-14(13-12-3)1-2-4(16)5(17)8(19-2)15(7)9(18)11-6/h2,4-5,8,16-17H,1H2,(H2,10,11,18)/t2-,4-,5-,8-/m1/s1. The molecule has 2 aliphatic heterocycles. The average Bonchev–Trinajstić information content (AvgIpc) is 2.82. The molecule has 19 heavy (non-hydrogen) atoms. The summed E-state index contributed by atoms with van der Waals surface area (Å²) in [6, 6.07) is 0. The van der Waals surface area contributed by atoms with Gasteiger partial charge in [-0.2, -0.15) is 4.98 Å². The van der Waals surface area contributed by atoms with Gasteiger partial charge in [0.05, 0.1) is 6.54 Å². The Kier molecular flexibility index (Phi) is 1.88. The Hall–Kier alpha value is -2.04. The second-order valence-corrected chi connectivity index (χ2v) is 4.64. The quantitative estimate of drug-likeness (QED) is 0.464. The molecule has 2 bridgehead atoms. The molecule has 4 atom stereocenters. The molecule has 2 aromatic heterocycles. The molecular formula is C9H10N6O4. The normalized spacial score (nSPS) is 32.7. The molecule has 4 rings (SSSR count). The Balaban J connectivity index is 2.11. The molecule has 100 valence electrons. The van der Waals surface area contributed by atoms with E-state index in [9.17, 15) is 15.0 Å². The summed E-state index contributed by atoms with van der Waals surface area (Å²) in [5.74, 6) is -0.0182. The van der Waals surface area contributed by atoms with Crippen molar-refractivity contribution in [2.24, 2.45) is 0 Å². The van der Waals surface area contributed by atoms with Crippen molar-refractivity contribution < 1.29 is 14.9 Å². The van der Waals surface area contributed by atoms with E-state index in [-0.39, 0.29) is 17.9 Å². The molecule has 0 saturated carbocycles. The third-order valence-electron chi connectivity index (χ3n) is 3.55. The highest BCUT2D eigenvalue weighted by molar-refractivity contribution is 5.81. The van der Waals surface area contributed by atoms with Crippen LogP contribution in [0.25, 0.3) is 11.2 Å². The Morgan fingerprint density at radius 3 is 2.95 bits per heavy atom. The van der Waals surface area contributed by atoms with Crippen molar-refractivity contribution in [3.05, 3.63) is 10.5 Å². The van der Waals surface area contributed by atoms with Gasteiger partial charge in [-0.3, -0.25) is 0 Å². The molecule has 4 heterocycles. The van der Waals surface area contributed by atoms with Crippen molar-refractivity contribution in [1.29, 1.82) is 0 Å². The summed E-state index contributed by atoms with van der Waals surface area (Å²) < 4.78 is 8.05. The largest absolute Gasteiger partial charge is 0.387 e. The summed E-state index contributed by atoms with van der Waals surface area (Å²) in [6.45, 7) is 0.175. The van der Waals surface area contributed by atoms with Crippen molar-refractivity contribution >= 4 is 17.0 Å². The highest BCUT2D eigenvalue weighted by Gasteiger charge is 2.47. The van der Waals surface area contributed by atoms with Crippen LogP contribution < -0.4 is 11.4 Å². The number of hydrogen-bond donors (Lipinski definition) is 3. The minimum absolute atomic E-state index is 0.0182. The van der Waals surface area contributed by atoms with Crippen LogP contribution in [0.5, 0.6) is 0 Å². The number of nitrogens with zero attached hydrogens (tertiary/aromatic N) is 5. The van der Waals surface area contributed by atoms with Gasteiger partial charge in [-0.05, 0) is 0 Å². The van der Waals surface area contributed by atoms with Gasteiger partial charge in [0.25, 0.3) is 0 Å². The molecule has 0 aliphatic carbocycles.